The molecule has 1 N–H and O–H groups in total. The van der Waals surface area contributed by atoms with Crippen LogP contribution in [-0.4, -0.2) is 34.3 Å². The number of fused-ring (bicyclic) bond motifs is 1. The molecule has 2 aromatic carbocycles. The highest BCUT2D eigenvalue weighted by Gasteiger charge is 2.19. The van der Waals surface area contributed by atoms with Crippen LogP contribution in [0.3, 0.4) is 0 Å². The molecule has 2 aliphatic heterocycles. The van der Waals surface area contributed by atoms with Gasteiger partial charge in [-0.2, -0.15) is 0 Å². The maximum atomic E-state index is 12.9. The number of aliphatic imine (C=N–C) groups is 2. The summed E-state index contributed by atoms with van der Waals surface area (Å²) in [6.07, 6.45) is 9.39. The monoisotopic (exact) mass is 462 g/mol. The molecule has 3 aromatic rings. The number of aryl methyl sites for hydroxylation is 1. The molecule has 6 heteroatoms. The Kier molecular flexibility index (Phi) is 6.44. The summed E-state index contributed by atoms with van der Waals surface area (Å²) in [4.78, 5) is 39.0. The smallest absolute Gasteiger partial charge is 0.256 e. The van der Waals surface area contributed by atoms with Crippen molar-refractivity contribution in [2.24, 2.45) is 9.98 Å². The minimum atomic E-state index is -0.218. The van der Waals surface area contributed by atoms with Crippen LogP contribution in [0.5, 0.6) is 0 Å². The molecule has 5 rings (SSSR count). The zero-order valence-electron chi connectivity index (χ0n) is 19.6. The molecule has 1 aromatic heterocycles. The molecular formula is C29H26N4O2. The average molecular weight is 463 g/mol. The first-order valence-corrected chi connectivity index (χ1v) is 11.9. The summed E-state index contributed by atoms with van der Waals surface area (Å²) in [6, 6.07) is 17.2. The molecule has 2 aliphatic rings. The Morgan fingerprint density at radius 3 is 2.77 bits per heavy atom. The highest BCUT2D eigenvalue weighted by molar-refractivity contribution is 6.12. The molecule has 1 atom stereocenters. The number of hydrogen-bond donors (Lipinski definition) is 1. The molecule has 174 valence electrons. The molecule has 0 saturated heterocycles. The third-order valence-corrected chi connectivity index (χ3v) is 6.21. The lowest BCUT2D eigenvalue weighted by Crippen LogP contribution is -2.30. The predicted molar refractivity (Wildman–Crippen MR) is 138 cm³/mol. The van der Waals surface area contributed by atoms with Crippen LogP contribution in [0.1, 0.15) is 46.0 Å². The first-order chi connectivity index (χ1) is 17.1. The number of benzene rings is 2. The number of amides is 1. The molecule has 0 spiro atoms. The number of pyridine rings is 1. The Balaban J connectivity index is 1.32. The van der Waals surface area contributed by atoms with E-state index in [-0.39, 0.29) is 17.7 Å². The Morgan fingerprint density at radius 2 is 1.91 bits per heavy atom. The van der Waals surface area contributed by atoms with Gasteiger partial charge in [-0.15, -0.1) is 0 Å². The van der Waals surface area contributed by atoms with E-state index < -0.39 is 0 Å². The van der Waals surface area contributed by atoms with E-state index in [4.69, 9.17) is 4.99 Å². The number of carbonyl (C=O) groups is 2. The van der Waals surface area contributed by atoms with Gasteiger partial charge in [-0.3, -0.25) is 19.6 Å². The van der Waals surface area contributed by atoms with Crippen LogP contribution in [0, 0.1) is 0 Å². The summed E-state index contributed by atoms with van der Waals surface area (Å²) in [7, 11) is 0. The van der Waals surface area contributed by atoms with Gasteiger partial charge in [0.1, 0.15) is 5.84 Å². The third kappa shape index (κ3) is 5.32. The Morgan fingerprint density at radius 1 is 1.03 bits per heavy atom. The number of nitrogens with zero attached hydrogens (tertiary/aromatic N) is 3. The zero-order valence-corrected chi connectivity index (χ0v) is 19.6. The number of ketones is 1. The lowest BCUT2D eigenvalue weighted by atomic mass is 10.00. The lowest BCUT2D eigenvalue weighted by Gasteiger charge is -2.13. The second-order valence-electron chi connectivity index (χ2n) is 8.83. The van der Waals surface area contributed by atoms with Crippen LogP contribution >= 0.6 is 0 Å². The third-order valence-electron chi connectivity index (χ3n) is 6.21. The van der Waals surface area contributed by atoms with Crippen molar-refractivity contribution in [2.75, 3.05) is 0 Å². The molecule has 1 unspecified atom stereocenters. The largest absolute Gasteiger partial charge is 0.310 e. The second-order valence-corrected chi connectivity index (χ2v) is 8.83. The van der Waals surface area contributed by atoms with Gasteiger partial charge in [-0.25, -0.2) is 4.99 Å². The van der Waals surface area contributed by atoms with E-state index in [0.717, 1.165) is 40.1 Å². The van der Waals surface area contributed by atoms with Gasteiger partial charge >= 0.3 is 0 Å². The fourth-order valence-corrected chi connectivity index (χ4v) is 4.39. The Bertz CT molecular complexity index is 1390. The number of hydrogen-bond acceptors (Lipinski definition) is 5. The minimum absolute atomic E-state index is 0.0427. The van der Waals surface area contributed by atoms with Gasteiger partial charge < -0.3 is 5.32 Å². The van der Waals surface area contributed by atoms with Crippen LogP contribution < -0.4 is 5.32 Å². The van der Waals surface area contributed by atoms with Gasteiger partial charge in [-0.05, 0) is 65.9 Å². The van der Waals surface area contributed by atoms with Crippen molar-refractivity contribution in [1.82, 2.24) is 10.3 Å². The summed E-state index contributed by atoms with van der Waals surface area (Å²) < 4.78 is 0. The predicted octanol–water partition coefficient (Wildman–Crippen LogP) is 4.59. The normalized spacial score (nSPS) is 16.8. The SMILES string of the molecule is CCc1cncc(C2=NC(Cc3cccc(C(=O)NC4=Nc5ccccc5C4)c3)CC(=O)C=C2)c1. The average Bonchev–Trinajstić information content (AvgIpc) is 3.19. The van der Waals surface area contributed by atoms with Crippen molar-refractivity contribution in [3.63, 3.8) is 0 Å². The lowest BCUT2D eigenvalue weighted by molar-refractivity contribution is -0.114. The number of para-hydroxylation sites is 1. The molecular weight excluding hydrogens is 436 g/mol. The van der Waals surface area contributed by atoms with Crippen LogP contribution in [0.2, 0.25) is 0 Å². The topological polar surface area (TPSA) is 83.8 Å². The fourth-order valence-electron chi connectivity index (χ4n) is 4.39. The molecule has 1 amide bonds. The molecule has 35 heavy (non-hydrogen) atoms. The van der Waals surface area contributed by atoms with Gasteiger partial charge in [0.05, 0.1) is 17.4 Å². The molecule has 0 aliphatic carbocycles. The maximum Gasteiger partial charge on any atom is 0.256 e. The molecule has 0 fully saturated rings. The summed E-state index contributed by atoms with van der Waals surface area (Å²) in [5.41, 5.74) is 6.32. The van der Waals surface area contributed by atoms with Crippen molar-refractivity contribution >= 4 is 28.9 Å². The van der Waals surface area contributed by atoms with Crippen LogP contribution in [0.15, 0.2) is 89.1 Å². The van der Waals surface area contributed by atoms with E-state index in [1.54, 1.807) is 24.4 Å². The van der Waals surface area contributed by atoms with E-state index in [9.17, 15) is 9.59 Å². The first kappa shape index (κ1) is 22.6. The Hall–Kier alpha value is -4.19. The molecule has 3 heterocycles. The number of carbonyl (C=O) groups excluding carboxylic acids is 2. The van der Waals surface area contributed by atoms with E-state index in [0.29, 0.717) is 30.7 Å². The minimum Gasteiger partial charge on any atom is -0.310 e. The Labute approximate surface area is 204 Å². The van der Waals surface area contributed by atoms with Crippen molar-refractivity contribution in [3.05, 3.63) is 107 Å². The number of allylic oxidation sites excluding steroid dienone is 2. The van der Waals surface area contributed by atoms with Crippen molar-refractivity contribution in [3.8, 4) is 0 Å². The van der Waals surface area contributed by atoms with Gasteiger partial charge in [0.15, 0.2) is 5.78 Å². The number of amidine groups is 1. The number of nitrogens with one attached hydrogen (secondary N) is 1. The summed E-state index contributed by atoms with van der Waals surface area (Å²) in [6.45, 7) is 2.08. The van der Waals surface area contributed by atoms with Crippen LogP contribution in [-0.2, 0) is 24.1 Å². The maximum absolute atomic E-state index is 12.9. The number of rotatable bonds is 5. The molecule has 0 saturated carbocycles. The fraction of sp³-hybridized carbons (Fsp3) is 0.207. The summed E-state index contributed by atoms with van der Waals surface area (Å²) in [5, 5.41) is 2.94. The zero-order chi connectivity index (χ0) is 24.2. The van der Waals surface area contributed by atoms with E-state index >= 15 is 0 Å². The van der Waals surface area contributed by atoms with Gasteiger partial charge in [-0.1, -0.05) is 37.3 Å². The van der Waals surface area contributed by atoms with E-state index in [2.05, 4.69) is 28.3 Å². The molecule has 0 bridgehead atoms. The van der Waals surface area contributed by atoms with Gasteiger partial charge in [0.2, 0.25) is 0 Å². The van der Waals surface area contributed by atoms with Crippen molar-refractivity contribution in [1.29, 1.82) is 0 Å². The second kappa shape index (κ2) is 9.97. The van der Waals surface area contributed by atoms with Gasteiger partial charge in [0, 0.05) is 36.4 Å². The van der Waals surface area contributed by atoms with Crippen LogP contribution in [0.4, 0.5) is 5.69 Å². The van der Waals surface area contributed by atoms with Crippen molar-refractivity contribution in [2.45, 2.75) is 38.6 Å². The standard InChI is InChI=1S/C29H26N4O2/c1-2-19-12-23(18-30-17-19)27-11-10-25(34)16-24(31-27)14-20-6-5-8-22(13-20)29(35)33-28-15-21-7-3-4-9-26(21)32-28/h3-13,17-18,24H,2,14-16H2,1H3,(H,32,33,35). The van der Waals surface area contributed by atoms with Gasteiger partial charge in [0.25, 0.3) is 5.91 Å². The molecule has 6 nitrogen and oxygen atoms in total. The molecule has 0 radical (unpaired) electrons. The first-order valence-electron chi connectivity index (χ1n) is 11.9. The number of aromatic nitrogens is 1. The summed E-state index contributed by atoms with van der Waals surface area (Å²) >= 11 is 0. The van der Waals surface area contributed by atoms with Crippen molar-refractivity contribution < 1.29 is 9.59 Å². The summed E-state index contributed by atoms with van der Waals surface area (Å²) in [5.74, 6) is 0.504. The van der Waals surface area contributed by atoms with E-state index in [1.807, 2.05) is 48.7 Å². The highest BCUT2D eigenvalue weighted by Crippen LogP contribution is 2.25. The van der Waals surface area contributed by atoms with Crippen LogP contribution in [0.25, 0.3) is 0 Å². The highest BCUT2D eigenvalue weighted by atomic mass is 16.1. The van der Waals surface area contributed by atoms with E-state index in [1.165, 1.54) is 0 Å². The quantitative estimate of drug-likeness (QED) is 0.602.